The summed E-state index contributed by atoms with van der Waals surface area (Å²) in [6.45, 7) is 7.03. The van der Waals surface area contributed by atoms with Crippen LogP contribution in [-0.2, 0) is 0 Å². The van der Waals surface area contributed by atoms with Gasteiger partial charge in [0.15, 0.2) is 0 Å². The van der Waals surface area contributed by atoms with Gasteiger partial charge in [-0.05, 0) is 45.0 Å². The Bertz CT molecular complexity index is 398. The molecule has 106 valence electrons. The number of pyridine rings is 1. The van der Waals surface area contributed by atoms with E-state index in [1.165, 1.54) is 0 Å². The summed E-state index contributed by atoms with van der Waals surface area (Å²) in [6.07, 6.45) is 2.71. The van der Waals surface area contributed by atoms with Gasteiger partial charge in [-0.2, -0.15) is 0 Å². The molecular weight excluding hydrogens is 238 g/mol. The van der Waals surface area contributed by atoms with Crippen LogP contribution in [0, 0.1) is 0 Å². The predicted octanol–water partition coefficient (Wildman–Crippen LogP) is 2.28. The van der Waals surface area contributed by atoms with E-state index in [0.29, 0.717) is 24.2 Å². The zero-order chi connectivity index (χ0) is 14.4. The van der Waals surface area contributed by atoms with Crippen molar-refractivity contribution in [3.05, 3.63) is 29.6 Å². The number of nitrogens with zero attached hydrogens (tertiary/aromatic N) is 2. The van der Waals surface area contributed by atoms with Crippen LogP contribution < -0.4 is 5.32 Å². The van der Waals surface area contributed by atoms with Crippen LogP contribution >= 0.6 is 0 Å². The largest absolute Gasteiger partial charge is 0.351 e. The first-order valence-electron chi connectivity index (χ1n) is 6.82. The van der Waals surface area contributed by atoms with Gasteiger partial charge in [-0.3, -0.25) is 9.78 Å². The number of carbonyl (C=O) groups excluding carboxylic acids is 1. The lowest BCUT2D eigenvalue weighted by molar-refractivity contribution is 0.0945. The summed E-state index contributed by atoms with van der Waals surface area (Å²) in [4.78, 5) is 18.2. The van der Waals surface area contributed by atoms with Crippen molar-refractivity contribution >= 4 is 5.91 Å². The summed E-state index contributed by atoms with van der Waals surface area (Å²) in [7, 11) is 4.08. The summed E-state index contributed by atoms with van der Waals surface area (Å²) in [6, 6.07) is 4.21. The Kier molecular flexibility index (Phi) is 5.96. The average molecular weight is 263 g/mol. The highest BCUT2D eigenvalue weighted by Crippen LogP contribution is 2.12. The highest BCUT2D eigenvalue weighted by Gasteiger charge is 2.09. The van der Waals surface area contributed by atoms with E-state index in [-0.39, 0.29) is 5.91 Å². The fourth-order valence-corrected chi connectivity index (χ4v) is 1.62. The lowest BCUT2D eigenvalue weighted by Gasteiger charge is -2.19. The van der Waals surface area contributed by atoms with E-state index >= 15 is 0 Å². The van der Waals surface area contributed by atoms with Crippen LogP contribution in [0.1, 0.15) is 49.2 Å². The first kappa shape index (κ1) is 15.6. The van der Waals surface area contributed by atoms with E-state index in [9.17, 15) is 4.79 Å². The van der Waals surface area contributed by atoms with Gasteiger partial charge in [-0.15, -0.1) is 0 Å². The van der Waals surface area contributed by atoms with Gasteiger partial charge in [0.05, 0.1) is 0 Å². The van der Waals surface area contributed by atoms with E-state index in [1.807, 2.05) is 20.2 Å². The second kappa shape index (κ2) is 7.24. The van der Waals surface area contributed by atoms with Gasteiger partial charge in [0, 0.05) is 18.8 Å². The molecule has 1 unspecified atom stereocenters. The van der Waals surface area contributed by atoms with Gasteiger partial charge in [0.1, 0.15) is 5.69 Å². The highest BCUT2D eigenvalue weighted by atomic mass is 16.1. The Balaban J connectivity index is 2.45. The first-order valence-corrected chi connectivity index (χ1v) is 6.82. The number of hydrogen-bond donors (Lipinski definition) is 1. The zero-order valence-electron chi connectivity index (χ0n) is 12.6. The number of carbonyl (C=O) groups is 1. The molecule has 1 aromatic heterocycles. The second-order valence-electron chi connectivity index (χ2n) is 5.49. The van der Waals surface area contributed by atoms with Gasteiger partial charge >= 0.3 is 0 Å². The molecule has 0 spiro atoms. The van der Waals surface area contributed by atoms with Crippen molar-refractivity contribution in [3.8, 4) is 0 Å². The molecular formula is C15H25N3O. The van der Waals surface area contributed by atoms with Crippen molar-refractivity contribution in [2.75, 3.05) is 20.6 Å². The van der Waals surface area contributed by atoms with Gasteiger partial charge in [-0.1, -0.05) is 19.9 Å². The molecule has 0 radical (unpaired) electrons. The second-order valence-corrected chi connectivity index (χ2v) is 5.49. The highest BCUT2D eigenvalue weighted by molar-refractivity contribution is 5.92. The van der Waals surface area contributed by atoms with Crippen molar-refractivity contribution in [1.82, 2.24) is 15.2 Å². The number of hydrogen-bond acceptors (Lipinski definition) is 3. The molecule has 1 rings (SSSR count). The first-order chi connectivity index (χ1) is 8.91. The lowest BCUT2D eigenvalue weighted by atomic mass is 10.1. The third-order valence-corrected chi connectivity index (χ3v) is 3.41. The summed E-state index contributed by atoms with van der Waals surface area (Å²) in [5.41, 5.74) is 1.64. The molecule has 1 amide bonds. The fourth-order valence-electron chi connectivity index (χ4n) is 1.62. The maximum Gasteiger partial charge on any atom is 0.269 e. The van der Waals surface area contributed by atoms with E-state index in [1.54, 1.807) is 12.3 Å². The zero-order valence-corrected chi connectivity index (χ0v) is 12.6. The molecule has 1 atom stereocenters. The van der Waals surface area contributed by atoms with E-state index < -0.39 is 0 Å². The SMILES string of the molecule is CC(C)c1ccc(C(=O)NCCC(C)N(C)C)nc1. The van der Waals surface area contributed by atoms with Crippen LogP contribution in [-0.4, -0.2) is 42.5 Å². The smallest absolute Gasteiger partial charge is 0.269 e. The molecule has 0 aliphatic carbocycles. The minimum absolute atomic E-state index is 0.0961. The van der Waals surface area contributed by atoms with E-state index in [4.69, 9.17) is 0 Å². The van der Waals surface area contributed by atoms with Crippen molar-refractivity contribution in [3.63, 3.8) is 0 Å². The van der Waals surface area contributed by atoms with Crippen LogP contribution in [0.5, 0.6) is 0 Å². The van der Waals surface area contributed by atoms with Crippen LogP contribution in [0.25, 0.3) is 0 Å². The maximum absolute atomic E-state index is 11.9. The van der Waals surface area contributed by atoms with Crippen molar-refractivity contribution < 1.29 is 4.79 Å². The Hall–Kier alpha value is -1.42. The molecule has 0 aliphatic heterocycles. The number of aromatic nitrogens is 1. The number of rotatable bonds is 6. The predicted molar refractivity (Wildman–Crippen MR) is 78.4 cm³/mol. The minimum Gasteiger partial charge on any atom is -0.351 e. The van der Waals surface area contributed by atoms with Crippen LogP contribution in [0.2, 0.25) is 0 Å². The molecule has 1 N–H and O–H groups in total. The summed E-state index contributed by atoms with van der Waals surface area (Å²) in [5, 5.41) is 2.91. The molecule has 0 saturated carbocycles. The third-order valence-electron chi connectivity index (χ3n) is 3.41. The molecule has 0 fully saturated rings. The van der Waals surface area contributed by atoms with Crippen LogP contribution in [0.15, 0.2) is 18.3 Å². The van der Waals surface area contributed by atoms with Gasteiger partial charge < -0.3 is 10.2 Å². The van der Waals surface area contributed by atoms with E-state index in [0.717, 1.165) is 12.0 Å². The third kappa shape index (κ3) is 4.99. The maximum atomic E-state index is 11.9. The molecule has 0 bridgehead atoms. The topological polar surface area (TPSA) is 45.2 Å². The Morgan fingerprint density at radius 1 is 1.32 bits per heavy atom. The molecule has 0 saturated heterocycles. The Morgan fingerprint density at radius 2 is 2.00 bits per heavy atom. The molecule has 4 heteroatoms. The van der Waals surface area contributed by atoms with Crippen molar-refractivity contribution in [2.24, 2.45) is 0 Å². The summed E-state index contributed by atoms with van der Waals surface area (Å²) < 4.78 is 0. The monoisotopic (exact) mass is 263 g/mol. The van der Waals surface area contributed by atoms with Gasteiger partial charge in [0.25, 0.3) is 5.91 Å². The number of nitrogens with one attached hydrogen (secondary N) is 1. The van der Waals surface area contributed by atoms with Gasteiger partial charge in [0.2, 0.25) is 0 Å². The lowest BCUT2D eigenvalue weighted by Crippen LogP contribution is -2.32. The summed E-state index contributed by atoms with van der Waals surface area (Å²) >= 11 is 0. The van der Waals surface area contributed by atoms with Crippen LogP contribution in [0.3, 0.4) is 0 Å². The quantitative estimate of drug-likeness (QED) is 0.856. The molecule has 1 heterocycles. The standard InChI is InChI=1S/C15H25N3O/c1-11(2)13-6-7-14(17-10-13)15(19)16-9-8-12(3)18(4)5/h6-7,10-12H,8-9H2,1-5H3,(H,16,19). The van der Waals surface area contributed by atoms with Gasteiger partial charge in [-0.25, -0.2) is 0 Å². The average Bonchev–Trinajstić information content (AvgIpc) is 2.38. The summed E-state index contributed by atoms with van der Waals surface area (Å²) in [5.74, 6) is 0.340. The molecule has 1 aromatic rings. The Labute approximate surface area is 116 Å². The van der Waals surface area contributed by atoms with Crippen molar-refractivity contribution in [2.45, 2.75) is 39.2 Å². The van der Waals surface area contributed by atoms with Crippen LogP contribution in [0.4, 0.5) is 0 Å². The molecule has 19 heavy (non-hydrogen) atoms. The Morgan fingerprint density at radius 3 is 2.47 bits per heavy atom. The molecule has 4 nitrogen and oxygen atoms in total. The number of amides is 1. The minimum atomic E-state index is -0.0961. The normalized spacial score (nSPS) is 12.8. The van der Waals surface area contributed by atoms with Crippen molar-refractivity contribution in [1.29, 1.82) is 0 Å². The molecule has 0 aromatic carbocycles. The fraction of sp³-hybridized carbons (Fsp3) is 0.600. The molecule has 0 aliphatic rings. The van der Waals surface area contributed by atoms with E-state index in [2.05, 4.69) is 36.0 Å².